The van der Waals surface area contributed by atoms with Gasteiger partial charge in [-0.05, 0) is 14.1 Å². The molecule has 3 N–H and O–H groups in total. The molecular formula is C5H15ClNO4P. The second-order valence-corrected chi connectivity index (χ2v) is 3.09. The number of likely N-dealkylation sites (N-methyl/N-ethyl adjacent to an activating group) is 1. The standard InChI is InChI=1S/C5H11N.ClH.H3O4P/c1-4-5-6(2)3;;1-5(2,3)4/h4H,1,5H2,2-3H3;1H;(H3,1,2,3,4). The van der Waals surface area contributed by atoms with Crippen LogP contribution < -0.4 is 0 Å². The molecule has 0 bridgehead atoms. The molecule has 0 aliphatic heterocycles. The molecule has 0 aromatic rings. The van der Waals surface area contributed by atoms with Crippen molar-refractivity contribution in [3.63, 3.8) is 0 Å². The minimum Gasteiger partial charge on any atom is -0.306 e. The lowest BCUT2D eigenvalue weighted by molar-refractivity contribution is 0.275. The first-order valence-corrected chi connectivity index (χ1v) is 4.37. The Morgan fingerprint density at radius 3 is 1.67 bits per heavy atom. The fraction of sp³-hybridized carbons (Fsp3) is 0.600. The highest BCUT2D eigenvalue weighted by Crippen LogP contribution is 2.25. The summed E-state index contributed by atoms with van der Waals surface area (Å²) in [5.74, 6) is 0. The largest absolute Gasteiger partial charge is 0.466 e. The summed E-state index contributed by atoms with van der Waals surface area (Å²) in [5, 5.41) is 0. The molecular weight excluding hydrogens is 204 g/mol. The molecule has 0 heterocycles. The quantitative estimate of drug-likeness (QED) is 0.458. The van der Waals surface area contributed by atoms with E-state index >= 15 is 0 Å². The van der Waals surface area contributed by atoms with Gasteiger partial charge in [-0.3, -0.25) is 0 Å². The van der Waals surface area contributed by atoms with Gasteiger partial charge in [0.25, 0.3) is 0 Å². The van der Waals surface area contributed by atoms with Gasteiger partial charge >= 0.3 is 7.82 Å². The Morgan fingerprint density at radius 1 is 1.42 bits per heavy atom. The van der Waals surface area contributed by atoms with Crippen LogP contribution in [0.3, 0.4) is 0 Å². The molecule has 12 heavy (non-hydrogen) atoms. The second-order valence-electron chi connectivity index (χ2n) is 2.06. The number of nitrogens with zero attached hydrogens (tertiary/aromatic N) is 1. The van der Waals surface area contributed by atoms with Crippen LogP contribution in [0.2, 0.25) is 0 Å². The van der Waals surface area contributed by atoms with Gasteiger partial charge in [0.2, 0.25) is 0 Å². The predicted octanol–water partition coefficient (Wildman–Crippen LogP) is 0.227. The van der Waals surface area contributed by atoms with E-state index in [4.69, 9.17) is 19.2 Å². The van der Waals surface area contributed by atoms with E-state index in [-0.39, 0.29) is 12.4 Å². The Balaban J connectivity index is -0.000000126. The predicted molar refractivity (Wildman–Crippen MR) is 50.3 cm³/mol. The van der Waals surface area contributed by atoms with Crippen molar-refractivity contribution in [1.29, 1.82) is 0 Å². The van der Waals surface area contributed by atoms with E-state index in [0.717, 1.165) is 6.54 Å². The van der Waals surface area contributed by atoms with E-state index in [1.165, 1.54) is 0 Å². The van der Waals surface area contributed by atoms with Crippen LogP contribution in [0.5, 0.6) is 0 Å². The summed E-state index contributed by atoms with van der Waals surface area (Å²) in [5.41, 5.74) is 0. The zero-order chi connectivity index (χ0) is 9.49. The summed E-state index contributed by atoms with van der Waals surface area (Å²) >= 11 is 0. The topological polar surface area (TPSA) is 81.0 Å². The first kappa shape index (κ1) is 18.0. The molecule has 0 spiro atoms. The maximum atomic E-state index is 8.88. The summed E-state index contributed by atoms with van der Waals surface area (Å²) in [6, 6.07) is 0. The SMILES string of the molecule is C=CCN(C)C.Cl.O=P(O)(O)O. The number of halogens is 1. The van der Waals surface area contributed by atoms with Crippen LogP contribution in [-0.4, -0.2) is 40.2 Å². The van der Waals surface area contributed by atoms with Crippen LogP contribution in [0, 0.1) is 0 Å². The average molecular weight is 220 g/mol. The van der Waals surface area contributed by atoms with Crippen LogP contribution in [0.25, 0.3) is 0 Å². The fourth-order valence-electron chi connectivity index (χ4n) is 0.258. The molecule has 0 aliphatic carbocycles. The minimum atomic E-state index is -4.64. The molecule has 0 saturated carbocycles. The van der Waals surface area contributed by atoms with Gasteiger partial charge in [0.05, 0.1) is 0 Å². The Morgan fingerprint density at radius 2 is 1.67 bits per heavy atom. The lowest BCUT2D eigenvalue weighted by atomic mass is 10.6. The van der Waals surface area contributed by atoms with Crippen molar-refractivity contribution in [3.8, 4) is 0 Å². The summed E-state index contributed by atoms with van der Waals surface area (Å²) in [6.07, 6.45) is 1.88. The molecule has 0 saturated heterocycles. The van der Waals surface area contributed by atoms with E-state index in [2.05, 4.69) is 11.5 Å². The molecule has 76 valence electrons. The van der Waals surface area contributed by atoms with Gasteiger partial charge in [-0.15, -0.1) is 19.0 Å². The highest BCUT2D eigenvalue weighted by atomic mass is 35.5. The van der Waals surface area contributed by atoms with Gasteiger partial charge in [0.1, 0.15) is 0 Å². The third-order valence-electron chi connectivity index (χ3n) is 0.494. The Bertz CT molecular complexity index is 138. The minimum absolute atomic E-state index is 0. The molecule has 0 aliphatic rings. The van der Waals surface area contributed by atoms with Crippen LogP contribution in [0.1, 0.15) is 0 Å². The highest BCUT2D eigenvalue weighted by molar-refractivity contribution is 7.45. The Labute approximate surface area is 78.4 Å². The van der Waals surface area contributed by atoms with Gasteiger partial charge in [-0.1, -0.05) is 6.08 Å². The summed E-state index contributed by atoms with van der Waals surface area (Å²) < 4.78 is 8.88. The first-order chi connectivity index (χ1) is 4.77. The van der Waals surface area contributed by atoms with Gasteiger partial charge < -0.3 is 19.6 Å². The third kappa shape index (κ3) is 87.0. The normalized spacial score (nSPS) is 9.50. The fourth-order valence-corrected chi connectivity index (χ4v) is 0.258. The molecule has 0 fully saturated rings. The van der Waals surface area contributed by atoms with Gasteiger partial charge in [0, 0.05) is 6.54 Å². The Hall–Kier alpha value is 0.1000. The zero-order valence-corrected chi connectivity index (χ0v) is 8.76. The van der Waals surface area contributed by atoms with Crippen LogP contribution in [0.4, 0.5) is 0 Å². The van der Waals surface area contributed by atoms with Crippen molar-refractivity contribution in [3.05, 3.63) is 12.7 Å². The molecule has 0 radical (unpaired) electrons. The summed E-state index contributed by atoms with van der Waals surface area (Å²) in [4.78, 5) is 23.6. The highest BCUT2D eigenvalue weighted by Gasteiger charge is 2.00. The molecule has 0 aromatic heterocycles. The van der Waals surface area contributed by atoms with E-state index in [0.29, 0.717) is 0 Å². The van der Waals surface area contributed by atoms with Crippen molar-refractivity contribution in [2.45, 2.75) is 0 Å². The van der Waals surface area contributed by atoms with Crippen molar-refractivity contribution in [2.24, 2.45) is 0 Å². The van der Waals surface area contributed by atoms with Crippen molar-refractivity contribution in [1.82, 2.24) is 4.90 Å². The van der Waals surface area contributed by atoms with Crippen molar-refractivity contribution in [2.75, 3.05) is 20.6 Å². The molecule has 7 heteroatoms. The lowest BCUT2D eigenvalue weighted by Gasteiger charge is -2.01. The van der Waals surface area contributed by atoms with Gasteiger partial charge in [-0.2, -0.15) is 0 Å². The summed E-state index contributed by atoms with van der Waals surface area (Å²) in [7, 11) is -0.608. The van der Waals surface area contributed by atoms with Crippen LogP contribution in [-0.2, 0) is 4.57 Å². The molecule has 0 amide bonds. The first-order valence-electron chi connectivity index (χ1n) is 2.81. The monoisotopic (exact) mass is 219 g/mol. The Kier molecular flexibility index (Phi) is 13.8. The molecule has 0 atom stereocenters. The molecule has 0 unspecified atom stereocenters. The van der Waals surface area contributed by atoms with E-state index in [1.807, 2.05) is 20.2 Å². The zero-order valence-electron chi connectivity index (χ0n) is 7.04. The van der Waals surface area contributed by atoms with Crippen LogP contribution >= 0.6 is 20.2 Å². The van der Waals surface area contributed by atoms with Crippen LogP contribution in [0.15, 0.2) is 12.7 Å². The molecule has 0 aromatic carbocycles. The number of phosphoric acid groups is 1. The van der Waals surface area contributed by atoms with E-state index in [9.17, 15) is 0 Å². The maximum absolute atomic E-state index is 8.88. The smallest absolute Gasteiger partial charge is 0.306 e. The lowest BCUT2D eigenvalue weighted by Crippen LogP contribution is -2.09. The van der Waals surface area contributed by atoms with Gasteiger partial charge in [-0.25, -0.2) is 4.57 Å². The van der Waals surface area contributed by atoms with E-state index in [1.54, 1.807) is 0 Å². The molecule has 0 rings (SSSR count). The third-order valence-corrected chi connectivity index (χ3v) is 0.494. The van der Waals surface area contributed by atoms with Gasteiger partial charge in [0.15, 0.2) is 0 Å². The number of rotatable bonds is 2. The van der Waals surface area contributed by atoms with Crippen molar-refractivity contribution >= 4 is 20.2 Å². The second kappa shape index (κ2) is 9.19. The number of hydrogen-bond acceptors (Lipinski definition) is 2. The maximum Gasteiger partial charge on any atom is 0.466 e. The van der Waals surface area contributed by atoms with E-state index < -0.39 is 7.82 Å². The van der Waals surface area contributed by atoms with Crippen molar-refractivity contribution < 1.29 is 19.2 Å². The summed E-state index contributed by atoms with van der Waals surface area (Å²) in [6.45, 7) is 4.53. The molecule has 5 nitrogen and oxygen atoms in total. The average Bonchev–Trinajstić information content (AvgIpc) is 1.58. The number of hydrogen-bond donors (Lipinski definition) is 3.